The van der Waals surface area contributed by atoms with Gasteiger partial charge < -0.3 is 20.4 Å². The molecule has 3 rings (SSSR count). The van der Waals surface area contributed by atoms with Crippen molar-refractivity contribution < 1.29 is 24.2 Å². The number of para-hydroxylation sites is 1. The first-order valence-electron chi connectivity index (χ1n) is 7.76. The highest BCUT2D eigenvalue weighted by Gasteiger charge is 2.36. The summed E-state index contributed by atoms with van der Waals surface area (Å²) in [4.78, 5) is 26.6. The molecule has 3 N–H and O–H groups in total. The second kappa shape index (κ2) is 6.43. The second-order valence-electron chi connectivity index (χ2n) is 5.87. The van der Waals surface area contributed by atoms with Crippen molar-refractivity contribution in [1.82, 2.24) is 10.2 Å². The van der Waals surface area contributed by atoms with Gasteiger partial charge in [-0.05, 0) is 42.3 Å². The maximum atomic E-state index is 13.4. The quantitative estimate of drug-likeness (QED) is 0.726. The van der Waals surface area contributed by atoms with Gasteiger partial charge in [-0.1, -0.05) is 12.1 Å². The molecule has 0 radical (unpaired) electrons. The molecule has 0 saturated carbocycles. The minimum atomic E-state index is -0.941. The molecule has 0 aliphatic carbocycles. The molecule has 2 amide bonds. The Labute approximate surface area is 143 Å². The normalized spacial score (nSPS) is 17.3. The summed E-state index contributed by atoms with van der Waals surface area (Å²) in [5.74, 6) is -2.35. The number of carbonyl (C=O) groups excluding carboxylic acids is 2. The Morgan fingerprint density at radius 1 is 1.28 bits per heavy atom. The van der Waals surface area contributed by atoms with Crippen LogP contribution in [0.5, 0.6) is 11.5 Å². The van der Waals surface area contributed by atoms with E-state index in [-0.39, 0.29) is 24.6 Å². The van der Waals surface area contributed by atoms with Crippen molar-refractivity contribution >= 4 is 11.8 Å². The molecule has 25 heavy (non-hydrogen) atoms. The second-order valence-corrected chi connectivity index (χ2v) is 5.87. The molecule has 2 aromatic rings. The molecule has 7 heteroatoms. The molecule has 1 saturated heterocycles. The SMILES string of the molecule is Cc1cc(F)ccc1C1C(=O)NCCN1C(=O)c1cccc(O)c1O. The Morgan fingerprint density at radius 2 is 2.04 bits per heavy atom. The van der Waals surface area contributed by atoms with Gasteiger partial charge in [-0.2, -0.15) is 0 Å². The van der Waals surface area contributed by atoms with Crippen LogP contribution in [0.25, 0.3) is 0 Å². The molecular weight excluding hydrogens is 327 g/mol. The molecule has 0 bridgehead atoms. The Hall–Kier alpha value is -3.09. The zero-order chi connectivity index (χ0) is 18.1. The average Bonchev–Trinajstić information content (AvgIpc) is 2.57. The number of halogens is 1. The van der Waals surface area contributed by atoms with E-state index in [1.54, 1.807) is 6.92 Å². The highest BCUT2D eigenvalue weighted by Crippen LogP contribution is 2.33. The summed E-state index contributed by atoms with van der Waals surface area (Å²) in [5, 5.41) is 22.3. The van der Waals surface area contributed by atoms with Crippen LogP contribution in [0.15, 0.2) is 36.4 Å². The third-order valence-electron chi connectivity index (χ3n) is 4.24. The van der Waals surface area contributed by atoms with Crippen molar-refractivity contribution in [1.29, 1.82) is 0 Å². The topological polar surface area (TPSA) is 89.9 Å². The molecule has 1 unspecified atom stereocenters. The number of phenolic OH excluding ortho intramolecular Hbond substituents is 2. The first kappa shape index (κ1) is 16.8. The van der Waals surface area contributed by atoms with Gasteiger partial charge in [-0.3, -0.25) is 9.59 Å². The van der Waals surface area contributed by atoms with E-state index in [1.165, 1.54) is 41.3 Å². The van der Waals surface area contributed by atoms with Gasteiger partial charge >= 0.3 is 0 Å². The van der Waals surface area contributed by atoms with Gasteiger partial charge in [0.1, 0.15) is 11.9 Å². The van der Waals surface area contributed by atoms with E-state index in [1.807, 2.05) is 0 Å². The molecule has 130 valence electrons. The third kappa shape index (κ3) is 3.00. The number of nitrogens with zero attached hydrogens (tertiary/aromatic N) is 1. The van der Waals surface area contributed by atoms with Gasteiger partial charge in [0, 0.05) is 13.1 Å². The average molecular weight is 344 g/mol. The van der Waals surface area contributed by atoms with Gasteiger partial charge in [-0.25, -0.2) is 4.39 Å². The lowest BCUT2D eigenvalue weighted by Crippen LogP contribution is -2.52. The third-order valence-corrected chi connectivity index (χ3v) is 4.24. The zero-order valence-corrected chi connectivity index (χ0v) is 13.5. The predicted molar refractivity (Wildman–Crippen MR) is 87.7 cm³/mol. The van der Waals surface area contributed by atoms with Crippen molar-refractivity contribution in [3.8, 4) is 11.5 Å². The van der Waals surface area contributed by atoms with Crippen molar-refractivity contribution in [3.05, 3.63) is 58.9 Å². The number of nitrogens with one attached hydrogen (secondary N) is 1. The van der Waals surface area contributed by atoms with Crippen LogP contribution in [0.1, 0.15) is 27.5 Å². The van der Waals surface area contributed by atoms with Crippen LogP contribution in [-0.4, -0.2) is 40.0 Å². The van der Waals surface area contributed by atoms with Crippen molar-refractivity contribution in [2.75, 3.05) is 13.1 Å². The van der Waals surface area contributed by atoms with Gasteiger partial charge in [0.25, 0.3) is 5.91 Å². The molecule has 1 atom stereocenters. The number of rotatable bonds is 2. The van der Waals surface area contributed by atoms with Crippen LogP contribution < -0.4 is 5.32 Å². The molecule has 1 fully saturated rings. The number of carbonyl (C=O) groups is 2. The van der Waals surface area contributed by atoms with Gasteiger partial charge in [-0.15, -0.1) is 0 Å². The molecule has 0 aromatic heterocycles. The van der Waals surface area contributed by atoms with Crippen molar-refractivity contribution in [2.24, 2.45) is 0 Å². The fourth-order valence-corrected chi connectivity index (χ4v) is 3.00. The Morgan fingerprint density at radius 3 is 2.76 bits per heavy atom. The summed E-state index contributed by atoms with van der Waals surface area (Å²) in [6.07, 6.45) is 0. The van der Waals surface area contributed by atoms with Gasteiger partial charge in [0.05, 0.1) is 5.56 Å². The first-order valence-corrected chi connectivity index (χ1v) is 7.76. The molecule has 2 aromatic carbocycles. The van der Waals surface area contributed by atoms with Crippen LogP contribution in [0, 0.1) is 12.7 Å². The molecular formula is C18H17FN2O4. The first-order chi connectivity index (χ1) is 11.9. The summed E-state index contributed by atoms with van der Waals surface area (Å²) < 4.78 is 13.4. The molecule has 1 aliphatic heterocycles. The van der Waals surface area contributed by atoms with E-state index in [9.17, 15) is 24.2 Å². The Kier molecular flexibility index (Phi) is 4.31. The summed E-state index contributed by atoms with van der Waals surface area (Å²) in [6.45, 7) is 2.15. The molecule has 6 nitrogen and oxygen atoms in total. The van der Waals surface area contributed by atoms with E-state index in [4.69, 9.17) is 0 Å². The van der Waals surface area contributed by atoms with Crippen LogP contribution >= 0.6 is 0 Å². The largest absolute Gasteiger partial charge is 0.504 e. The predicted octanol–water partition coefficient (Wildman–Crippen LogP) is 1.86. The van der Waals surface area contributed by atoms with Crippen molar-refractivity contribution in [2.45, 2.75) is 13.0 Å². The zero-order valence-electron chi connectivity index (χ0n) is 13.5. The fraction of sp³-hybridized carbons (Fsp3) is 0.222. The van der Waals surface area contributed by atoms with Crippen LogP contribution in [0.2, 0.25) is 0 Å². The van der Waals surface area contributed by atoms with E-state index < -0.39 is 29.3 Å². The lowest BCUT2D eigenvalue weighted by molar-refractivity contribution is -0.128. The van der Waals surface area contributed by atoms with E-state index in [2.05, 4.69) is 5.32 Å². The highest BCUT2D eigenvalue weighted by molar-refractivity contribution is 6.01. The summed E-state index contributed by atoms with van der Waals surface area (Å²) >= 11 is 0. The molecule has 1 aliphatic rings. The summed E-state index contributed by atoms with van der Waals surface area (Å²) in [6, 6.07) is 7.14. The van der Waals surface area contributed by atoms with Crippen LogP contribution in [-0.2, 0) is 4.79 Å². The van der Waals surface area contributed by atoms with Crippen molar-refractivity contribution in [3.63, 3.8) is 0 Å². The summed E-state index contributed by atoms with van der Waals surface area (Å²) in [7, 11) is 0. The number of phenols is 2. The monoisotopic (exact) mass is 344 g/mol. The lowest BCUT2D eigenvalue weighted by Gasteiger charge is -2.36. The molecule has 1 heterocycles. The maximum absolute atomic E-state index is 13.4. The van der Waals surface area contributed by atoms with Crippen LogP contribution in [0.4, 0.5) is 4.39 Å². The van der Waals surface area contributed by atoms with E-state index in [0.29, 0.717) is 11.1 Å². The number of amides is 2. The van der Waals surface area contributed by atoms with Crippen LogP contribution in [0.3, 0.4) is 0 Å². The number of hydrogen-bond donors (Lipinski definition) is 3. The lowest BCUT2D eigenvalue weighted by atomic mass is 9.96. The van der Waals surface area contributed by atoms with Gasteiger partial charge in [0.15, 0.2) is 11.5 Å². The maximum Gasteiger partial charge on any atom is 0.258 e. The summed E-state index contributed by atoms with van der Waals surface area (Å²) in [5.41, 5.74) is 0.950. The number of aromatic hydroxyl groups is 2. The van der Waals surface area contributed by atoms with E-state index in [0.717, 1.165) is 0 Å². The van der Waals surface area contributed by atoms with Gasteiger partial charge in [0.2, 0.25) is 5.91 Å². The number of aryl methyl sites for hydroxylation is 1. The minimum Gasteiger partial charge on any atom is -0.504 e. The highest BCUT2D eigenvalue weighted by atomic mass is 19.1. The minimum absolute atomic E-state index is 0.0977. The smallest absolute Gasteiger partial charge is 0.258 e. The number of benzene rings is 2. The number of hydrogen-bond acceptors (Lipinski definition) is 4. The standard InChI is InChI=1S/C18H17FN2O4/c1-10-9-11(19)5-6-12(10)15-17(24)20-7-8-21(15)18(25)13-3-2-4-14(22)16(13)23/h2-6,9,15,22-23H,7-8H2,1H3,(H,20,24). The molecule has 0 spiro atoms. The van der Waals surface area contributed by atoms with E-state index >= 15 is 0 Å². The Balaban J connectivity index is 2.04. The fourth-order valence-electron chi connectivity index (χ4n) is 3.00. The Bertz CT molecular complexity index is 853. The number of piperazine rings is 1.